The van der Waals surface area contributed by atoms with Gasteiger partial charge in [0.1, 0.15) is 0 Å². The highest BCUT2D eigenvalue weighted by molar-refractivity contribution is 7.90. The number of carboxylic acid groups (broad SMARTS) is 1. The van der Waals surface area contributed by atoms with E-state index in [0.717, 1.165) is 6.26 Å². The summed E-state index contributed by atoms with van der Waals surface area (Å²) in [7, 11) is -3.33. The molecule has 2 aromatic rings. The molecule has 0 unspecified atom stereocenters. The van der Waals surface area contributed by atoms with Crippen molar-refractivity contribution in [3.05, 3.63) is 53.6 Å². The highest BCUT2D eigenvalue weighted by Gasteiger charge is 2.15. The zero-order chi connectivity index (χ0) is 17.3. The molecule has 124 valence electrons. The maximum absolute atomic E-state index is 11.6. The number of carbonyl (C=O) groups is 1. The Morgan fingerprint density at radius 1 is 1.08 bits per heavy atom. The lowest BCUT2D eigenvalue weighted by Crippen LogP contribution is -2.01. The lowest BCUT2D eigenvalue weighted by atomic mass is 10.0. The number of rotatable bonds is 4. The van der Waals surface area contributed by atoms with Gasteiger partial charge in [-0.05, 0) is 41.5 Å². The van der Waals surface area contributed by atoms with E-state index < -0.39 is 15.8 Å². The average Bonchev–Trinajstić information content (AvgIpc) is 2.99. The molecule has 1 aliphatic rings. The molecule has 0 aliphatic carbocycles. The fourth-order valence-electron chi connectivity index (χ4n) is 2.32. The van der Waals surface area contributed by atoms with Gasteiger partial charge >= 0.3 is 5.97 Å². The first-order chi connectivity index (χ1) is 11.3. The lowest BCUT2D eigenvalue weighted by Gasteiger charge is -2.05. The maximum Gasteiger partial charge on any atom is 0.336 e. The molecule has 1 heterocycles. The Balaban J connectivity index is 1.99. The molecule has 0 amide bonds. The van der Waals surface area contributed by atoms with Gasteiger partial charge in [-0.3, -0.25) is 0 Å². The predicted octanol–water partition coefficient (Wildman–Crippen LogP) is 2.44. The van der Waals surface area contributed by atoms with Gasteiger partial charge in [-0.15, -0.1) is 0 Å². The summed E-state index contributed by atoms with van der Waals surface area (Å²) in [5.41, 5.74) is 1.10. The number of sulfone groups is 1. The smallest absolute Gasteiger partial charge is 0.336 e. The highest BCUT2D eigenvalue weighted by atomic mass is 32.2. The Hall–Kier alpha value is -2.80. The van der Waals surface area contributed by atoms with Crippen molar-refractivity contribution in [2.45, 2.75) is 4.90 Å². The number of fused-ring (bicyclic) bond motifs is 1. The van der Waals surface area contributed by atoms with Gasteiger partial charge in [0.05, 0.1) is 10.5 Å². The van der Waals surface area contributed by atoms with Gasteiger partial charge < -0.3 is 14.6 Å². The first-order valence-electron chi connectivity index (χ1n) is 7.00. The van der Waals surface area contributed by atoms with Gasteiger partial charge in [-0.2, -0.15) is 0 Å². The molecule has 0 aromatic heterocycles. The Labute approximate surface area is 138 Å². The Morgan fingerprint density at radius 2 is 1.75 bits per heavy atom. The van der Waals surface area contributed by atoms with Crippen molar-refractivity contribution in [3.63, 3.8) is 0 Å². The van der Waals surface area contributed by atoms with Crippen LogP contribution in [0.1, 0.15) is 11.1 Å². The van der Waals surface area contributed by atoms with Gasteiger partial charge in [0, 0.05) is 6.26 Å². The maximum atomic E-state index is 11.6. The molecular weight excluding hydrogens is 332 g/mol. The Morgan fingerprint density at radius 3 is 2.38 bits per heavy atom. The number of hydrogen-bond acceptors (Lipinski definition) is 5. The van der Waals surface area contributed by atoms with E-state index in [2.05, 4.69) is 0 Å². The van der Waals surface area contributed by atoms with Crippen LogP contribution in [-0.4, -0.2) is 32.5 Å². The van der Waals surface area contributed by atoms with Gasteiger partial charge in [0.25, 0.3) is 0 Å². The monoisotopic (exact) mass is 346 g/mol. The van der Waals surface area contributed by atoms with Crippen molar-refractivity contribution >= 4 is 27.5 Å². The average molecular weight is 346 g/mol. The molecule has 0 fully saturated rings. The van der Waals surface area contributed by atoms with E-state index >= 15 is 0 Å². The molecule has 0 bridgehead atoms. The van der Waals surface area contributed by atoms with Crippen molar-refractivity contribution in [3.8, 4) is 11.5 Å². The number of carboxylic acids is 1. The molecule has 2 aromatic carbocycles. The van der Waals surface area contributed by atoms with Crippen LogP contribution in [0.5, 0.6) is 11.5 Å². The minimum absolute atomic E-state index is 0.0499. The number of aliphatic carboxylic acids is 1. The van der Waals surface area contributed by atoms with Crippen LogP contribution < -0.4 is 9.47 Å². The molecule has 7 heteroatoms. The molecular formula is C17H14O6S. The van der Waals surface area contributed by atoms with Gasteiger partial charge in [0.2, 0.25) is 6.79 Å². The molecule has 0 atom stereocenters. The number of hydrogen-bond donors (Lipinski definition) is 1. The second-order valence-corrected chi connectivity index (χ2v) is 7.29. The molecule has 1 aliphatic heterocycles. The summed E-state index contributed by atoms with van der Waals surface area (Å²) in [6, 6.07) is 10.9. The number of ether oxygens (including phenoxy) is 2. The van der Waals surface area contributed by atoms with E-state index in [-0.39, 0.29) is 17.3 Å². The summed E-state index contributed by atoms with van der Waals surface area (Å²) in [6.07, 6.45) is 2.60. The van der Waals surface area contributed by atoms with E-state index in [1.807, 2.05) is 0 Å². The minimum atomic E-state index is -3.33. The number of benzene rings is 2. The predicted molar refractivity (Wildman–Crippen MR) is 87.6 cm³/mol. The summed E-state index contributed by atoms with van der Waals surface area (Å²) < 4.78 is 33.5. The summed E-state index contributed by atoms with van der Waals surface area (Å²) in [5, 5.41) is 9.47. The summed E-state index contributed by atoms with van der Waals surface area (Å²) >= 11 is 0. The normalized spacial score (nSPS) is 13.8. The van der Waals surface area contributed by atoms with Crippen LogP contribution in [0.15, 0.2) is 47.4 Å². The van der Waals surface area contributed by atoms with Crippen LogP contribution in [0.25, 0.3) is 11.6 Å². The van der Waals surface area contributed by atoms with E-state index in [4.69, 9.17) is 9.47 Å². The third-order valence-corrected chi connectivity index (χ3v) is 4.66. The van der Waals surface area contributed by atoms with Crippen molar-refractivity contribution in [1.29, 1.82) is 0 Å². The Bertz CT molecular complexity index is 926. The second-order valence-electron chi connectivity index (χ2n) is 5.27. The van der Waals surface area contributed by atoms with Gasteiger partial charge in [-0.25, -0.2) is 13.2 Å². The summed E-state index contributed by atoms with van der Waals surface area (Å²) in [4.78, 5) is 11.7. The van der Waals surface area contributed by atoms with Crippen LogP contribution in [0.2, 0.25) is 0 Å². The SMILES string of the molecule is CS(=O)(=O)c1ccc(/C(=C/c2ccc3c(c2)OCO3)C(=O)O)cc1. The third-order valence-electron chi connectivity index (χ3n) is 3.53. The Kier molecular flexibility index (Phi) is 4.02. The van der Waals surface area contributed by atoms with E-state index in [1.165, 1.54) is 30.3 Å². The highest BCUT2D eigenvalue weighted by Crippen LogP contribution is 2.33. The molecule has 0 saturated carbocycles. The van der Waals surface area contributed by atoms with Crippen molar-refractivity contribution in [2.24, 2.45) is 0 Å². The third kappa shape index (κ3) is 3.26. The topological polar surface area (TPSA) is 89.9 Å². The first-order valence-corrected chi connectivity index (χ1v) is 8.89. The molecule has 0 radical (unpaired) electrons. The minimum Gasteiger partial charge on any atom is -0.478 e. The molecule has 1 N–H and O–H groups in total. The van der Waals surface area contributed by atoms with Crippen LogP contribution in [0, 0.1) is 0 Å². The largest absolute Gasteiger partial charge is 0.478 e. The molecule has 3 rings (SSSR count). The molecule has 6 nitrogen and oxygen atoms in total. The van der Waals surface area contributed by atoms with E-state index in [0.29, 0.717) is 22.6 Å². The van der Waals surface area contributed by atoms with Crippen LogP contribution >= 0.6 is 0 Å². The van der Waals surface area contributed by atoms with Crippen molar-refractivity contribution < 1.29 is 27.8 Å². The van der Waals surface area contributed by atoms with Gasteiger partial charge in [-0.1, -0.05) is 18.2 Å². The summed E-state index contributed by atoms with van der Waals surface area (Å²) in [5.74, 6) is 0.0576. The van der Waals surface area contributed by atoms with E-state index in [9.17, 15) is 18.3 Å². The van der Waals surface area contributed by atoms with Crippen LogP contribution in [0.3, 0.4) is 0 Å². The fourth-order valence-corrected chi connectivity index (χ4v) is 2.95. The summed E-state index contributed by atoms with van der Waals surface area (Å²) in [6.45, 7) is 0.140. The fraction of sp³-hybridized carbons (Fsp3) is 0.118. The first kappa shape index (κ1) is 16.1. The van der Waals surface area contributed by atoms with Crippen LogP contribution in [0.4, 0.5) is 0 Å². The molecule has 24 heavy (non-hydrogen) atoms. The molecule has 0 saturated heterocycles. The second kappa shape index (κ2) is 6.01. The quantitative estimate of drug-likeness (QED) is 0.675. The van der Waals surface area contributed by atoms with Crippen LogP contribution in [-0.2, 0) is 14.6 Å². The van der Waals surface area contributed by atoms with Crippen molar-refractivity contribution in [2.75, 3.05) is 13.0 Å². The molecule has 0 spiro atoms. The van der Waals surface area contributed by atoms with E-state index in [1.54, 1.807) is 18.2 Å². The zero-order valence-corrected chi connectivity index (χ0v) is 13.5. The standard InChI is InChI=1S/C17H14O6S/c1-24(20,21)13-5-3-12(4-6-13)14(17(18)19)8-11-2-7-15-16(9-11)23-10-22-15/h2-9H,10H2,1H3,(H,18,19)/b14-8-. The van der Waals surface area contributed by atoms with Gasteiger partial charge in [0.15, 0.2) is 21.3 Å². The lowest BCUT2D eigenvalue weighted by molar-refractivity contribution is -0.130. The van der Waals surface area contributed by atoms with Crippen molar-refractivity contribution in [1.82, 2.24) is 0 Å². The zero-order valence-electron chi connectivity index (χ0n) is 12.7.